The summed E-state index contributed by atoms with van der Waals surface area (Å²) in [4.78, 5) is 2.65. The highest BCUT2D eigenvalue weighted by Crippen LogP contribution is 2.33. The minimum Gasteiger partial charge on any atom is -0.378 e. The Hall–Kier alpha value is -1.03. The predicted octanol–water partition coefficient (Wildman–Crippen LogP) is 1.45. The number of nitrogens with zero attached hydrogens (tertiary/aromatic N) is 2. The van der Waals surface area contributed by atoms with Crippen LogP contribution in [0.25, 0.3) is 0 Å². The van der Waals surface area contributed by atoms with Gasteiger partial charge in [0.2, 0.25) is 0 Å². The third-order valence-electron chi connectivity index (χ3n) is 3.51. The molecular weight excluding hydrogens is 188 g/mol. The molecule has 1 saturated heterocycles. The van der Waals surface area contributed by atoms with Crippen LogP contribution in [0.2, 0.25) is 0 Å². The van der Waals surface area contributed by atoms with Crippen molar-refractivity contribution in [1.29, 1.82) is 0 Å². The number of H-pyrrole nitrogens is 1. The molecule has 0 amide bonds. The Morgan fingerprint density at radius 2 is 2.40 bits per heavy atom. The fourth-order valence-electron chi connectivity index (χ4n) is 2.64. The highest BCUT2D eigenvalue weighted by Gasteiger charge is 2.38. The molecule has 1 aliphatic carbocycles. The Labute approximate surface area is 90.0 Å². The summed E-state index contributed by atoms with van der Waals surface area (Å²) in [6.07, 6.45) is 7.84. The summed E-state index contributed by atoms with van der Waals surface area (Å²) in [6.45, 7) is 3.53. The van der Waals surface area contributed by atoms with E-state index in [9.17, 15) is 0 Å². The molecule has 82 valence electrons. The number of nitrogens with one attached hydrogen (secondary N) is 2. The van der Waals surface area contributed by atoms with Crippen molar-refractivity contribution in [2.45, 2.75) is 44.3 Å². The van der Waals surface area contributed by atoms with Gasteiger partial charge in [-0.3, -0.25) is 10.00 Å². The average molecular weight is 206 g/mol. The number of rotatable bonds is 3. The molecule has 1 aromatic heterocycles. The molecule has 1 aromatic rings. The van der Waals surface area contributed by atoms with E-state index in [0.717, 1.165) is 17.8 Å². The number of likely N-dealkylation sites (tertiary alicyclic amines) is 1. The lowest BCUT2D eigenvalue weighted by Gasteiger charge is -2.19. The van der Waals surface area contributed by atoms with Gasteiger partial charge in [0.25, 0.3) is 0 Å². The second-order valence-electron chi connectivity index (χ2n) is 4.84. The van der Waals surface area contributed by atoms with E-state index in [-0.39, 0.29) is 0 Å². The van der Waals surface area contributed by atoms with Crippen molar-refractivity contribution in [1.82, 2.24) is 15.1 Å². The van der Waals surface area contributed by atoms with Crippen LogP contribution < -0.4 is 5.32 Å². The van der Waals surface area contributed by atoms with Gasteiger partial charge in [-0.1, -0.05) is 0 Å². The molecule has 3 rings (SSSR count). The lowest BCUT2D eigenvalue weighted by Crippen LogP contribution is -2.30. The van der Waals surface area contributed by atoms with Crippen LogP contribution in [0.5, 0.6) is 0 Å². The van der Waals surface area contributed by atoms with Gasteiger partial charge in [0.15, 0.2) is 0 Å². The molecule has 0 spiro atoms. The first-order valence-electron chi connectivity index (χ1n) is 5.84. The highest BCUT2D eigenvalue weighted by atomic mass is 15.3. The first-order valence-corrected chi connectivity index (χ1v) is 5.84. The summed E-state index contributed by atoms with van der Waals surface area (Å²) >= 11 is 0. The Morgan fingerprint density at radius 1 is 1.53 bits per heavy atom. The van der Waals surface area contributed by atoms with Gasteiger partial charge < -0.3 is 5.32 Å². The summed E-state index contributed by atoms with van der Waals surface area (Å²) < 4.78 is 0. The van der Waals surface area contributed by atoms with E-state index < -0.39 is 0 Å². The number of aromatic amines is 1. The molecule has 2 N–H and O–H groups in total. The van der Waals surface area contributed by atoms with Crippen molar-refractivity contribution < 1.29 is 0 Å². The first kappa shape index (κ1) is 9.21. The van der Waals surface area contributed by atoms with Crippen LogP contribution in [0.3, 0.4) is 0 Å². The second-order valence-corrected chi connectivity index (χ2v) is 4.84. The number of aromatic nitrogens is 2. The number of hydrogen-bond acceptors (Lipinski definition) is 3. The van der Waals surface area contributed by atoms with E-state index in [1.807, 2.05) is 12.4 Å². The molecule has 15 heavy (non-hydrogen) atoms. The Bertz CT molecular complexity index is 317. The van der Waals surface area contributed by atoms with E-state index in [1.54, 1.807) is 0 Å². The van der Waals surface area contributed by atoms with Crippen molar-refractivity contribution in [3.8, 4) is 0 Å². The van der Waals surface area contributed by atoms with Crippen LogP contribution >= 0.6 is 0 Å². The third kappa shape index (κ3) is 1.86. The highest BCUT2D eigenvalue weighted by molar-refractivity contribution is 5.39. The minimum atomic E-state index is 0.596. The normalized spacial score (nSPS) is 32.1. The summed E-state index contributed by atoms with van der Waals surface area (Å²) in [7, 11) is 0. The molecule has 4 nitrogen and oxygen atoms in total. The Balaban J connectivity index is 1.60. The van der Waals surface area contributed by atoms with Gasteiger partial charge in [-0.2, -0.15) is 5.10 Å². The average Bonchev–Trinajstić information content (AvgIpc) is 2.81. The van der Waals surface area contributed by atoms with Crippen LogP contribution in [0, 0.1) is 0 Å². The lowest BCUT2D eigenvalue weighted by molar-refractivity contribution is 0.257. The van der Waals surface area contributed by atoms with Crippen molar-refractivity contribution >= 4 is 5.69 Å². The maximum Gasteiger partial charge on any atom is 0.0726 e. The van der Waals surface area contributed by atoms with Gasteiger partial charge in [0.05, 0.1) is 11.9 Å². The van der Waals surface area contributed by atoms with Gasteiger partial charge >= 0.3 is 0 Å². The zero-order chi connectivity index (χ0) is 10.3. The molecule has 2 fully saturated rings. The molecule has 2 atom stereocenters. The van der Waals surface area contributed by atoms with Gasteiger partial charge in [-0.05, 0) is 26.2 Å². The van der Waals surface area contributed by atoms with Gasteiger partial charge in [-0.15, -0.1) is 0 Å². The number of anilines is 1. The Kier molecular flexibility index (Phi) is 2.16. The predicted molar refractivity (Wildman–Crippen MR) is 59.8 cm³/mol. The number of hydrogen-bond donors (Lipinski definition) is 2. The maximum absolute atomic E-state index is 3.95. The third-order valence-corrected chi connectivity index (χ3v) is 3.51. The van der Waals surface area contributed by atoms with Crippen molar-refractivity contribution in [2.24, 2.45) is 0 Å². The summed E-state index contributed by atoms with van der Waals surface area (Å²) in [5, 5.41) is 10.3. The molecule has 1 aliphatic heterocycles. The standard InChI is InChI=1S/C11H18N4/c1-8-4-9(7-15(8)11-2-3-11)14-10-5-12-13-6-10/h5-6,8-9,11,14H,2-4,7H2,1H3,(H,12,13). The van der Waals surface area contributed by atoms with Gasteiger partial charge in [0, 0.05) is 30.9 Å². The first-order chi connectivity index (χ1) is 7.33. The fraction of sp³-hybridized carbons (Fsp3) is 0.727. The van der Waals surface area contributed by atoms with Crippen LogP contribution in [-0.2, 0) is 0 Å². The molecule has 0 aromatic carbocycles. The van der Waals surface area contributed by atoms with E-state index in [2.05, 4.69) is 27.3 Å². The fourth-order valence-corrected chi connectivity index (χ4v) is 2.64. The smallest absolute Gasteiger partial charge is 0.0726 e. The molecule has 1 saturated carbocycles. The lowest BCUT2D eigenvalue weighted by atomic mass is 10.2. The summed E-state index contributed by atoms with van der Waals surface area (Å²) in [6, 6.07) is 2.22. The molecule has 2 heterocycles. The van der Waals surface area contributed by atoms with Crippen molar-refractivity contribution in [3.63, 3.8) is 0 Å². The largest absolute Gasteiger partial charge is 0.378 e. The van der Waals surface area contributed by atoms with Gasteiger partial charge in [-0.25, -0.2) is 0 Å². The molecule has 0 radical (unpaired) electrons. The van der Waals surface area contributed by atoms with E-state index in [4.69, 9.17) is 0 Å². The van der Waals surface area contributed by atoms with Crippen molar-refractivity contribution in [3.05, 3.63) is 12.4 Å². The molecule has 2 aliphatic rings. The minimum absolute atomic E-state index is 0.596. The molecule has 4 heteroatoms. The monoisotopic (exact) mass is 206 g/mol. The zero-order valence-electron chi connectivity index (χ0n) is 9.11. The van der Waals surface area contributed by atoms with Crippen LogP contribution in [0.15, 0.2) is 12.4 Å². The quantitative estimate of drug-likeness (QED) is 0.786. The Morgan fingerprint density at radius 3 is 3.07 bits per heavy atom. The van der Waals surface area contributed by atoms with E-state index >= 15 is 0 Å². The molecule has 2 unspecified atom stereocenters. The van der Waals surface area contributed by atoms with Crippen LogP contribution in [0.4, 0.5) is 5.69 Å². The van der Waals surface area contributed by atoms with E-state index in [0.29, 0.717) is 6.04 Å². The van der Waals surface area contributed by atoms with Crippen molar-refractivity contribution in [2.75, 3.05) is 11.9 Å². The van der Waals surface area contributed by atoms with Crippen LogP contribution in [-0.4, -0.2) is 39.8 Å². The molecular formula is C11H18N4. The topological polar surface area (TPSA) is 44.0 Å². The summed E-state index contributed by atoms with van der Waals surface area (Å²) in [5.74, 6) is 0. The SMILES string of the molecule is CC1CC(Nc2cn[nH]c2)CN1C1CC1. The maximum atomic E-state index is 3.95. The van der Waals surface area contributed by atoms with E-state index in [1.165, 1.54) is 25.8 Å². The molecule has 0 bridgehead atoms. The summed E-state index contributed by atoms with van der Waals surface area (Å²) in [5.41, 5.74) is 1.12. The zero-order valence-corrected chi connectivity index (χ0v) is 9.11. The second kappa shape index (κ2) is 3.52. The van der Waals surface area contributed by atoms with Crippen LogP contribution in [0.1, 0.15) is 26.2 Å². The van der Waals surface area contributed by atoms with Gasteiger partial charge in [0.1, 0.15) is 0 Å².